The summed E-state index contributed by atoms with van der Waals surface area (Å²) < 4.78 is 17.4. The molecule has 0 amide bonds. The largest absolute Gasteiger partial charge is 0.337 e. The van der Waals surface area contributed by atoms with Gasteiger partial charge in [-0.3, -0.25) is 9.36 Å². The molecule has 0 spiro atoms. The molecule has 0 bridgehead atoms. The Kier molecular flexibility index (Phi) is 3.63. The number of hydrogen-bond acceptors (Lipinski definition) is 3. The molecule has 1 aromatic carbocycles. The third-order valence-electron chi connectivity index (χ3n) is 3.81. The van der Waals surface area contributed by atoms with Gasteiger partial charge in [0.2, 0.25) is 0 Å². The van der Waals surface area contributed by atoms with Gasteiger partial charge in [0.05, 0.1) is 12.0 Å². The lowest BCUT2D eigenvalue weighted by Crippen LogP contribution is -2.39. The van der Waals surface area contributed by atoms with Gasteiger partial charge in [-0.1, -0.05) is 0 Å². The summed E-state index contributed by atoms with van der Waals surface area (Å²) in [6, 6.07) is 5.56. The van der Waals surface area contributed by atoms with Crippen molar-refractivity contribution in [2.24, 2.45) is 0 Å². The minimum absolute atomic E-state index is 0.0252. The van der Waals surface area contributed by atoms with Gasteiger partial charge in [-0.15, -0.1) is 0 Å². The summed E-state index contributed by atoms with van der Waals surface area (Å²) in [4.78, 5) is 29.6. The monoisotopic (exact) mass is 316 g/mol. The van der Waals surface area contributed by atoms with E-state index in [9.17, 15) is 14.0 Å². The Morgan fingerprint density at radius 2 is 1.83 bits per heavy atom. The molecule has 0 aliphatic heterocycles. The van der Waals surface area contributed by atoms with Crippen molar-refractivity contribution < 1.29 is 4.39 Å². The highest BCUT2D eigenvalue weighted by molar-refractivity contribution is 5.72. The van der Waals surface area contributed by atoms with E-state index in [1.54, 1.807) is 17.8 Å². The van der Waals surface area contributed by atoms with Crippen LogP contribution in [-0.4, -0.2) is 18.7 Å². The summed E-state index contributed by atoms with van der Waals surface area (Å²) in [6.45, 7) is 5.85. The van der Waals surface area contributed by atoms with Gasteiger partial charge in [0.15, 0.2) is 11.2 Å². The van der Waals surface area contributed by atoms with Crippen LogP contribution < -0.4 is 11.2 Å². The van der Waals surface area contributed by atoms with Crippen LogP contribution in [0.4, 0.5) is 4.39 Å². The van der Waals surface area contributed by atoms with Crippen LogP contribution >= 0.6 is 0 Å². The van der Waals surface area contributed by atoms with Gasteiger partial charge in [-0.25, -0.2) is 18.7 Å². The van der Waals surface area contributed by atoms with Crippen molar-refractivity contribution >= 4 is 11.2 Å². The van der Waals surface area contributed by atoms with E-state index in [0.717, 1.165) is 4.57 Å². The molecule has 0 unspecified atom stereocenters. The van der Waals surface area contributed by atoms with Gasteiger partial charge < -0.3 is 4.57 Å². The molecule has 0 fully saturated rings. The maximum absolute atomic E-state index is 13.2. The molecule has 0 atom stereocenters. The fourth-order valence-corrected chi connectivity index (χ4v) is 2.64. The number of nitrogens with zero attached hydrogens (tertiary/aromatic N) is 4. The van der Waals surface area contributed by atoms with Crippen LogP contribution in [0.1, 0.15) is 26.8 Å². The average molecular weight is 316 g/mol. The van der Waals surface area contributed by atoms with E-state index in [2.05, 4.69) is 4.98 Å². The van der Waals surface area contributed by atoms with Crippen molar-refractivity contribution in [1.82, 2.24) is 18.7 Å². The van der Waals surface area contributed by atoms with Crippen molar-refractivity contribution in [3.63, 3.8) is 0 Å². The smallest absolute Gasteiger partial charge is 0.322 e. The topological polar surface area (TPSA) is 61.8 Å². The molecule has 0 saturated heterocycles. The SMILES string of the molecule is CCn1c(=O)c2c(ncn2C(C)C)n(-c2ccc(F)cc2)c1=O. The standard InChI is InChI=1S/C16H17FN4O2/c1-4-19-15(22)13-14(18-9-20(13)10(2)3)21(16(19)23)12-7-5-11(17)6-8-12/h5-10H,4H2,1-3H3. The highest BCUT2D eigenvalue weighted by Crippen LogP contribution is 2.16. The second-order valence-electron chi connectivity index (χ2n) is 5.56. The summed E-state index contributed by atoms with van der Waals surface area (Å²) in [5.74, 6) is -0.394. The predicted molar refractivity (Wildman–Crippen MR) is 85.6 cm³/mol. The van der Waals surface area contributed by atoms with E-state index in [-0.39, 0.29) is 23.8 Å². The summed E-state index contributed by atoms with van der Waals surface area (Å²) in [5.41, 5.74) is 0.274. The molecule has 2 heterocycles. The Hall–Kier alpha value is -2.70. The first kappa shape index (κ1) is 15.2. The van der Waals surface area contributed by atoms with Gasteiger partial charge in [0.25, 0.3) is 5.56 Å². The lowest BCUT2D eigenvalue weighted by Gasteiger charge is -2.12. The van der Waals surface area contributed by atoms with Gasteiger partial charge >= 0.3 is 5.69 Å². The first-order valence-electron chi connectivity index (χ1n) is 7.44. The Balaban J connectivity index is 2.49. The molecular weight excluding hydrogens is 299 g/mol. The number of aromatic nitrogens is 4. The molecule has 0 aliphatic rings. The first-order valence-corrected chi connectivity index (χ1v) is 7.44. The maximum Gasteiger partial charge on any atom is 0.337 e. The van der Waals surface area contributed by atoms with Crippen molar-refractivity contribution in [3.05, 3.63) is 57.2 Å². The molecular formula is C16H17FN4O2. The molecule has 7 heteroatoms. The minimum Gasteiger partial charge on any atom is -0.322 e. The van der Waals surface area contributed by atoms with E-state index in [4.69, 9.17) is 0 Å². The van der Waals surface area contributed by atoms with Gasteiger partial charge in [-0.2, -0.15) is 0 Å². The summed E-state index contributed by atoms with van der Waals surface area (Å²) in [7, 11) is 0. The molecule has 120 valence electrons. The molecule has 3 rings (SSSR count). The Morgan fingerprint density at radius 3 is 2.39 bits per heavy atom. The van der Waals surface area contributed by atoms with Crippen LogP contribution in [0.3, 0.4) is 0 Å². The maximum atomic E-state index is 13.2. The normalized spacial score (nSPS) is 11.5. The van der Waals surface area contributed by atoms with Crippen LogP contribution in [0.2, 0.25) is 0 Å². The fourth-order valence-electron chi connectivity index (χ4n) is 2.64. The van der Waals surface area contributed by atoms with E-state index >= 15 is 0 Å². The zero-order valence-corrected chi connectivity index (χ0v) is 13.2. The molecule has 0 N–H and O–H groups in total. The zero-order valence-electron chi connectivity index (χ0n) is 13.2. The van der Waals surface area contributed by atoms with E-state index in [0.29, 0.717) is 11.2 Å². The molecule has 2 aromatic heterocycles. The number of fused-ring (bicyclic) bond motifs is 1. The van der Waals surface area contributed by atoms with E-state index < -0.39 is 11.5 Å². The zero-order chi connectivity index (χ0) is 16.7. The molecule has 0 aliphatic carbocycles. The number of hydrogen-bond donors (Lipinski definition) is 0. The highest BCUT2D eigenvalue weighted by Gasteiger charge is 2.19. The molecule has 0 radical (unpaired) electrons. The lowest BCUT2D eigenvalue weighted by molar-refractivity contribution is 0.604. The highest BCUT2D eigenvalue weighted by atomic mass is 19.1. The van der Waals surface area contributed by atoms with Crippen LogP contribution in [0.5, 0.6) is 0 Å². The molecule has 6 nitrogen and oxygen atoms in total. The fraction of sp³-hybridized carbons (Fsp3) is 0.312. The van der Waals surface area contributed by atoms with E-state index in [1.807, 2.05) is 13.8 Å². The third kappa shape index (κ3) is 2.28. The first-order chi connectivity index (χ1) is 11.0. The second-order valence-corrected chi connectivity index (χ2v) is 5.56. The van der Waals surface area contributed by atoms with E-state index in [1.165, 1.54) is 28.8 Å². The van der Waals surface area contributed by atoms with Gasteiger partial charge in [0, 0.05) is 12.6 Å². The Morgan fingerprint density at radius 1 is 1.17 bits per heavy atom. The third-order valence-corrected chi connectivity index (χ3v) is 3.81. The summed E-state index contributed by atoms with van der Waals surface area (Å²) in [5, 5.41) is 0. The lowest BCUT2D eigenvalue weighted by atomic mass is 10.3. The molecule has 3 aromatic rings. The minimum atomic E-state index is -0.481. The van der Waals surface area contributed by atoms with Crippen molar-refractivity contribution in [2.45, 2.75) is 33.4 Å². The number of halogens is 1. The average Bonchev–Trinajstić information content (AvgIpc) is 2.95. The van der Waals surface area contributed by atoms with Crippen molar-refractivity contribution in [3.8, 4) is 5.69 Å². The molecule has 23 heavy (non-hydrogen) atoms. The quantitative estimate of drug-likeness (QED) is 0.743. The summed E-state index contributed by atoms with van der Waals surface area (Å²) >= 11 is 0. The Bertz CT molecular complexity index is 980. The predicted octanol–water partition coefficient (Wildman–Crippen LogP) is 2.09. The van der Waals surface area contributed by atoms with Crippen LogP contribution in [-0.2, 0) is 6.54 Å². The van der Waals surface area contributed by atoms with Crippen LogP contribution in [0, 0.1) is 5.82 Å². The van der Waals surface area contributed by atoms with Crippen molar-refractivity contribution in [1.29, 1.82) is 0 Å². The van der Waals surface area contributed by atoms with Crippen LogP contribution in [0.15, 0.2) is 40.2 Å². The van der Waals surface area contributed by atoms with Gasteiger partial charge in [0.1, 0.15) is 5.82 Å². The summed E-state index contributed by atoms with van der Waals surface area (Å²) in [6.07, 6.45) is 1.55. The van der Waals surface area contributed by atoms with Crippen molar-refractivity contribution in [2.75, 3.05) is 0 Å². The number of imidazole rings is 1. The van der Waals surface area contributed by atoms with Crippen LogP contribution in [0.25, 0.3) is 16.9 Å². The van der Waals surface area contributed by atoms with Gasteiger partial charge in [-0.05, 0) is 45.0 Å². The Labute approximate surface area is 131 Å². The number of benzene rings is 1. The number of rotatable bonds is 3. The second kappa shape index (κ2) is 5.49. The molecule has 0 saturated carbocycles.